The first kappa shape index (κ1) is 12.6. The molecule has 0 saturated carbocycles. The van der Waals surface area contributed by atoms with Crippen molar-refractivity contribution in [1.29, 1.82) is 0 Å². The highest BCUT2D eigenvalue weighted by atomic mass is 16.5. The van der Waals surface area contributed by atoms with Crippen molar-refractivity contribution in [3.8, 4) is 5.75 Å². The zero-order chi connectivity index (χ0) is 13.0. The summed E-state index contributed by atoms with van der Waals surface area (Å²) < 4.78 is 7.58. The molecule has 1 heterocycles. The van der Waals surface area contributed by atoms with Crippen molar-refractivity contribution in [2.24, 2.45) is 12.8 Å². The number of aryl methyl sites for hydroxylation is 1. The number of aromatic nitrogens is 3. The maximum Gasteiger partial charge on any atom is 0.170 e. The molecule has 2 aromatic rings. The Morgan fingerprint density at radius 2 is 1.94 bits per heavy atom. The fraction of sp³-hybridized carbons (Fsp3) is 0.385. The smallest absolute Gasteiger partial charge is 0.170 e. The molecule has 5 heteroatoms. The summed E-state index contributed by atoms with van der Waals surface area (Å²) in [5.74, 6) is 2.53. The molecule has 18 heavy (non-hydrogen) atoms. The molecule has 0 aliphatic rings. The number of benzene rings is 1. The fourth-order valence-electron chi connectivity index (χ4n) is 1.64. The number of rotatable bonds is 5. The zero-order valence-electron chi connectivity index (χ0n) is 10.8. The Hall–Kier alpha value is -1.88. The van der Waals surface area contributed by atoms with Gasteiger partial charge in [-0.3, -0.25) is 0 Å². The Balaban J connectivity index is 1.96. The highest BCUT2D eigenvalue weighted by Gasteiger charge is 2.05. The van der Waals surface area contributed by atoms with Gasteiger partial charge in [0, 0.05) is 7.05 Å². The van der Waals surface area contributed by atoms with Gasteiger partial charge < -0.3 is 15.0 Å². The van der Waals surface area contributed by atoms with E-state index in [0.717, 1.165) is 23.8 Å². The lowest BCUT2D eigenvalue weighted by Crippen LogP contribution is -2.05. The van der Waals surface area contributed by atoms with E-state index in [1.165, 1.54) is 5.56 Å². The van der Waals surface area contributed by atoms with E-state index >= 15 is 0 Å². The van der Waals surface area contributed by atoms with E-state index in [1.807, 2.05) is 42.8 Å². The van der Waals surface area contributed by atoms with Crippen molar-refractivity contribution in [3.63, 3.8) is 0 Å². The molecule has 0 atom stereocenters. The Labute approximate surface area is 107 Å². The second-order valence-corrected chi connectivity index (χ2v) is 4.19. The minimum absolute atomic E-state index is 0.424. The van der Waals surface area contributed by atoms with Crippen LogP contribution < -0.4 is 10.5 Å². The molecule has 0 radical (unpaired) electrons. The van der Waals surface area contributed by atoms with Gasteiger partial charge in [0.2, 0.25) is 0 Å². The number of nitrogens with zero attached hydrogens (tertiary/aromatic N) is 3. The Morgan fingerprint density at radius 1 is 1.22 bits per heavy atom. The summed E-state index contributed by atoms with van der Waals surface area (Å²) in [7, 11) is 1.93. The highest BCUT2D eigenvalue weighted by Crippen LogP contribution is 2.14. The quantitative estimate of drug-likeness (QED) is 0.861. The summed E-state index contributed by atoms with van der Waals surface area (Å²) in [5.41, 5.74) is 6.72. The maximum atomic E-state index is 5.66. The van der Waals surface area contributed by atoms with Crippen LogP contribution in [0.25, 0.3) is 0 Å². The number of hydrogen-bond acceptors (Lipinski definition) is 4. The van der Waals surface area contributed by atoms with E-state index in [0.29, 0.717) is 13.2 Å². The van der Waals surface area contributed by atoms with Gasteiger partial charge in [0.05, 0.1) is 0 Å². The monoisotopic (exact) mass is 246 g/mol. The summed E-state index contributed by atoms with van der Waals surface area (Å²) in [6, 6.07) is 7.97. The van der Waals surface area contributed by atoms with Crippen LogP contribution in [0, 0.1) is 6.92 Å². The second kappa shape index (κ2) is 5.64. The first-order chi connectivity index (χ1) is 8.70. The van der Waals surface area contributed by atoms with Crippen molar-refractivity contribution < 1.29 is 4.74 Å². The predicted octanol–water partition coefficient (Wildman–Crippen LogP) is 1.20. The van der Waals surface area contributed by atoms with Crippen LogP contribution >= 0.6 is 0 Å². The molecule has 0 amide bonds. The van der Waals surface area contributed by atoms with Gasteiger partial charge in [0.25, 0.3) is 0 Å². The minimum atomic E-state index is 0.424. The van der Waals surface area contributed by atoms with E-state index in [9.17, 15) is 0 Å². The average molecular weight is 246 g/mol. The summed E-state index contributed by atoms with van der Waals surface area (Å²) in [5, 5.41) is 8.03. The minimum Gasteiger partial charge on any atom is -0.486 e. The molecule has 0 aliphatic carbocycles. The zero-order valence-corrected chi connectivity index (χ0v) is 10.8. The Bertz CT molecular complexity index is 504. The van der Waals surface area contributed by atoms with E-state index in [1.54, 1.807) is 0 Å². The number of ether oxygens (including phenoxy) is 1. The standard InChI is InChI=1S/C13H18N4O/c1-10-15-16-13(17(10)2)9-18-12-5-3-11(4-6-12)7-8-14/h3-6H,7-9,14H2,1-2H3. The molecule has 96 valence electrons. The Kier molecular flexibility index (Phi) is 3.94. The lowest BCUT2D eigenvalue weighted by molar-refractivity contribution is 0.291. The molecule has 1 aromatic carbocycles. The van der Waals surface area contributed by atoms with Crippen LogP contribution in [0.5, 0.6) is 5.75 Å². The third-order valence-corrected chi connectivity index (χ3v) is 2.91. The van der Waals surface area contributed by atoms with E-state index in [4.69, 9.17) is 10.5 Å². The summed E-state index contributed by atoms with van der Waals surface area (Å²) in [6.45, 7) is 3.00. The van der Waals surface area contributed by atoms with Crippen LogP contribution in [0.1, 0.15) is 17.2 Å². The van der Waals surface area contributed by atoms with Crippen LogP contribution in [0.4, 0.5) is 0 Å². The van der Waals surface area contributed by atoms with Crippen LogP contribution in [0.3, 0.4) is 0 Å². The van der Waals surface area contributed by atoms with Crippen LogP contribution in [0.2, 0.25) is 0 Å². The van der Waals surface area contributed by atoms with E-state index in [2.05, 4.69) is 10.2 Å². The SMILES string of the molecule is Cc1nnc(COc2ccc(CCN)cc2)n1C. The van der Waals surface area contributed by atoms with Gasteiger partial charge >= 0.3 is 0 Å². The van der Waals surface area contributed by atoms with Gasteiger partial charge in [-0.25, -0.2) is 0 Å². The van der Waals surface area contributed by atoms with Gasteiger partial charge in [-0.05, 0) is 37.6 Å². The van der Waals surface area contributed by atoms with Crippen molar-refractivity contribution in [3.05, 3.63) is 41.5 Å². The van der Waals surface area contributed by atoms with Gasteiger partial charge in [-0.2, -0.15) is 0 Å². The molecule has 1 aromatic heterocycles. The average Bonchev–Trinajstić information content (AvgIpc) is 2.70. The summed E-state index contributed by atoms with van der Waals surface area (Å²) in [6.07, 6.45) is 0.892. The first-order valence-corrected chi connectivity index (χ1v) is 5.97. The molecule has 0 fully saturated rings. The van der Waals surface area contributed by atoms with Crippen molar-refractivity contribution in [2.75, 3.05) is 6.54 Å². The summed E-state index contributed by atoms with van der Waals surface area (Å²) >= 11 is 0. The lowest BCUT2D eigenvalue weighted by atomic mass is 10.1. The molecule has 0 saturated heterocycles. The van der Waals surface area contributed by atoms with Crippen molar-refractivity contribution in [2.45, 2.75) is 20.0 Å². The molecule has 2 rings (SSSR count). The second-order valence-electron chi connectivity index (χ2n) is 4.19. The predicted molar refractivity (Wildman–Crippen MR) is 69.3 cm³/mol. The van der Waals surface area contributed by atoms with Gasteiger partial charge in [-0.15, -0.1) is 10.2 Å². The maximum absolute atomic E-state index is 5.66. The van der Waals surface area contributed by atoms with Gasteiger partial charge in [-0.1, -0.05) is 12.1 Å². The fourth-order valence-corrected chi connectivity index (χ4v) is 1.64. The van der Waals surface area contributed by atoms with E-state index < -0.39 is 0 Å². The molecular weight excluding hydrogens is 228 g/mol. The molecule has 0 unspecified atom stereocenters. The third-order valence-electron chi connectivity index (χ3n) is 2.91. The lowest BCUT2D eigenvalue weighted by Gasteiger charge is -2.06. The van der Waals surface area contributed by atoms with Crippen LogP contribution in [0.15, 0.2) is 24.3 Å². The molecule has 2 N–H and O–H groups in total. The molecule has 0 bridgehead atoms. The van der Waals surface area contributed by atoms with Crippen LogP contribution in [-0.2, 0) is 20.1 Å². The van der Waals surface area contributed by atoms with Gasteiger partial charge in [0.1, 0.15) is 18.2 Å². The van der Waals surface area contributed by atoms with Crippen molar-refractivity contribution >= 4 is 0 Å². The van der Waals surface area contributed by atoms with E-state index in [-0.39, 0.29) is 0 Å². The molecule has 5 nitrogen and oxygen atoms in total. The summed E-state index contributed by atoms with van der Waals surface area (Å²) in [4.78, 5) is 0. The number of nitrogens with two attached hydrogens (primary N) is 1. The number of hydrogen-bond donors (Lipinski definition) is 1. The molecule has 0 aliphatic heterocycles. The Morgan fingerprint density at radius 3 is 2.50 bits per heavy atom. The highest BCUT2D eigenvalue weighted by molar-refractivity contribution is 5.27. The largest absolute Gasteiger partial charge is 0.486 e. The van der Waals surface area contributed by atoms with Crippen molar-refractivity contribution in [1.82, 2.24) is 14.8 Å². The van der Waals surface area contributed by atoms with Gasteiger partial charge in [0.15, 0.2) is 5.82 Å². The molecular formula is C13H18N4O. The topological polar surface area (TPSA) is 66.0 Å². The van der Waals surface area contributed by atoms with Crippen LogP contribution in [-0.4, -0.2) is 21.3 Å². The first-order valence-electron chi connectivity index (χ1n) is 5.97. The molecule has 0 spiro atoms. The normalized spacial score (nSPS) is 10.6. The third kappa shape index (κ3) is 2.87.